The lowest BCUT2D eigenvalue weighted by Crippen LogP contribution is -2.55. The summed E-state index contributed by atoms with van der Waals surface area (Å²) in [5, 5.41) is 15.7. The lowest BCUT2D eigenvalue weighted by atomic mass is 9.95. The molecule has 0 unspecified atom stereocenters. The molecule has 2 aliphatic rings. The number of aromatic nitrogens is 3. The molecule has 0 atom stereocenters. The number of carboxylic acids is 1. The van der Waals surface area contributed by atoms with Gasteiger partial charge < -0.3 is 44.7 Å². The molecular weight excluding hydrogens is 812 g/mol. The second kappa shape index (κ2) is 19.2. The monoisotopic (exact) mass is 852 g/mol. The molecule has 58 heavy (non-hydrogen) atoms. The molecule has 15 nitrogen and oxygen atoms in total. The van der Waals surface area contributed by atoms with E-state index in [0.717, 1.165) is 0 Å². The Kier molecular flexibility index (Phi) is 14.6. The van der Waals surface area contributed by atoms with E-state index < -0.39 is 17.7 Å². The number of fused-ring (bicyclic) bond motifs is 3. The Morgan fingerprint density at radius 2 is 1.69 bits per heavy atom. The van der Waals surface area contributed by atoms with E-state index in [1.807, 2.05) is 26.0 Å². The molecule has 2 aromatic heterocycles. The van der Waals surface area contributed by atoms with E-state index in [0.29, 0.717) is 107 Å². The first-order valence-corrected chi connectivity index (χ1v) is 18.5. The van der Waals surface area contributed by atoms with Crippen LogP contribution in [-0.2, 0) is 30.4 Å². The van der Waals surface area contributed by atoms with Gasteiger partial charge in [-0.05, 0) is 44.2 Å². The number of anilines is 1. The highest BCUT2D eigenvalue weighted by Gasteiger charge is 2.40. The van der Waals surface area contributed by atoms with E-state index in [1.54, 1.807) is 53.4 Å². The molecule has 2 aliphatic heterocycles. The molecule has 0 saturated carbocycles. The highest BCUT2D eigenvalue weighted by atomic mass is 35.5. The van der Waals surface area contributed by atoms with Crippen LogP contribution in [0.25, 0.3) is 28.1 Å². The van der Waals surface area contributed by atoms with E-state index in [4.69, 9.17) is 67.6 Å². The summed E-state index contributed by atoms with van der Waals surface area (Å²) in [4.78, 5) is 42.0. The number of aliphatic carboxylic acids is 1. The van der Waals surface area contributed by atoms with E-state index in [-0.39, 0.29) is 37.1 Å². The molecule has 0 bridgehead atoms. The second-order valence-corrected chi connectivity index (χ2v) is 14.3. The second-order valence-electron chi connectivity index (χ2n) is 13.5. The van der Waals surface area contributed by atoms with Gasteiger partial charge in [-0.2, -0.15) is 18.3 Å². The van der Waals surface area contributed by atoms with Crippen LogP contribution in [0, 0.1) is 0 Å². The Labute approximate surface area is 341 Å². The molecule has 312 valence electrons. The van der Waals surface area contributed by atoms with Crippen molar-refractivity contribution in [2.24, 2.45) is 5.73 Å². The SMILES string of the molecule is COc1cc2c(cc1-c1cncc(NC(=O)CCOCCOCCN)c1)-c1c(c(C(=O)N3CCOCC3(C)C)nn1-c1cc(Cl)cc(Cl)c1)CO2.O=C(O)C(F)(F)F. The number of carboxylic acid groups (broad SMARTS) is 1. The van der Waals surface area contributed by atoms with Crippen molar-refractivity contribution in [3.05, 3.63) is 70.1 Å². The van der Waals surface area contributed by atoms with Crippen LogP contribution in [0.15, 0.2) is 48.8 Å². The van der Waals surface area contributed by atoms with Gasteiger partial charge >= 0.3 is 12.1 Å². The Balaban J connectivity index is 0.000000839. The molecule has 0 radical (unpaired) electrons. The van der Waals surface area contributed by atoms with Gasteiger partial charge in [0.2, 0.25) is 5.91 Å². The van der Waals surface area contributed by atoms with Gasteiger partial charge in [-0.15, -0.1) is 0 Å². The van der Waals surface area contributed by atoms with Crippen molar-refractivity contribution in [3.63, 3.8) is 0 Å². The van der Waals surface area contributed by atoms with Crippen LogP contribution in [0.2, 0.25) is 10.0 Å². The number of nitrogens with zero attached hydrogens (tertiary/aromatic N) is 4. The van der Waals surface area contributed by atoms with Gasteiger partial charge in [-0.1, -0.05) is 23.2 Å². The minimum absolute atomic E-state index is 0.0957. The number of halogens is 5. The van der Waals surface area contributed by atoms with Gasteiger partial charge in [0.25, 0.3) is 5.91 Å². The fourth-order valence-corrected chi connectivity index (χ4v) is 6.62. The number of hydrogen-bond donors (Lipinski definition) is 3. The third kappa shape index (κ3) is 10.7. The molecule has 6 rings (SSSR count). The molecule has 0 spiro atoms. The zero-order chi connectivity index (χ0) is 42.2. The smallest absolute Gasteiger partial charge is 0.490 e. The average Bonchev–Trinajstić information content (AvgIpc) is 3.56. The van der Waals surface area contributed by atoms with Crippen LogP contribution in [0.5, 0.6) is 11.5 Å². The quantitative estimate of drug-likeness (QED) is 0.133. The van der Waals surface area contributed by atoms with Gasteiger partial charge in [-0.25, -0.2) is 9.48 Å². The first-order chi connectivity index (χ1) is 27.5. The number of morpholine rings is 1. The van der Waals surface area contributed by atoms with Crippen LogP contribution in [0.1, 0.15) is 36.3 Å². The number of benzene rings is 2. The topological polar surface area (TPSA) is 190 Å². The molecular formula is C38H41Cl2F3N6O9. The average molecular weight is 854 g/mol. The Morgan fingerprint density at radius 3 is 2.33 bits per heavy atom. The van der Waals surface area contributed by atoms with E-state index >= 15 is 0 Å². The summed E-state index contributed by atoms with van der Waals surface area (Å²) in [7, 11) is 1.57. The molecule has 4 aromatic rings. The zero-order valence-electron chi connectivity index (χ0n) is 31.7. The first kappa shape index (κ1) is 44.1. The number of carbonyl (C=O) groups excluding carboxylic acids is 2. The highest BCUT2D eigenvalue weighted by Crippen LogP contribution is 2.46. The summed E-state index contributed by atoms with van der Waals surface area (Å²) in [5.41, 5.74) is 9.50. The van der Waals surface area contributed by atoms with Crippen molar-refractivity contribution in [1.29, 1.82) is 0 Å². The number of hydrogen-bond acceptors (Lipinski definition) is 11. The highest BCUT2D eigenvalue weighted by molar-refractivity contribution is 6.34. The summed E-state index contributed by atoms with van der Waals surface area (Å²) in [6.07, 6.45) is -1.68. The van der Waals surface area contributed by atoms with E-state index in [1.165, 1.54) is 0 Å². The number of nitrogens with two attached hydrogens (primary N) is 1. The minimum atomic E-state index is -5.08. The maximum atomic E-state index is 14.2. The predicted molar refractivity (Wildman–Crippen MR) is 207 cm³/mol. The number of alkyl halides is 3. The third-order valence-electron chi connectivity index (χ3n) is 8.78. The normalized spacial score (nSPS) is 14.3. The number of nitrogens with one attached hydrogen (secondary N) is 1. The lowest BCUT2D eigenvalue weighted by Gasteiger charge is -2.41. The Morgan fingerprint density at radius 1 is 1.00 bits per heavy atom. The lowest BCUT2D eigenvalue weighted by molar-refractivity contribution is -0.192. The molecule has 1 fully saturated rings. The van der Waals surface area contributed by atoms with Gasteiger partial charge in [0.15, 0.2) is 5.69 Å². The van der Waals surface area contributed by atoms with Crippen molar-refractivity contribution in [1.82, 2.24) is 19.7 Å². The van der Waals surface area contributed by atoms with Gasteiger partial charge in [0.05, 0.1) is 82.0 Å². The summed E-state index contributed by atoms with van der Waals surface area (Å²) < 4.78 is 62.0. The summed E-state index contributed by atoms with van der Waals surface area (Å²) >= 11 is 12.9. The third-order valence-corrected chi connectivity index (χ3v) is 9.22. The Hall–Kier alpha value is -4.98. The van der Waals surface area contributed by atoms with Crippen LogP contribution >= 0.6 is 23.2 Å². The summed E-state index contributed by atoms with van der Waals surface area (Å²) in [6.45, 7) is 7.22. The van der Waals surface area contributed by atoms with Crippen LogP contribution in [0.4, 0.5) is 18.9 Å². The molecule has 4 N–H and O–H groups in total. The van der Waals surface area contributed by atoms with Crippen LogP contribution in [-0.4, -0.2) is 114 Å². The molecule has 1 saturated heterocycles. The minimum Gasteiger partial charge on any atom is -0.496 e. The van der Waals surface area contributed by atoms with E-state index in [2.05, 4.69) is 10.3 Å². The number of methoxy groups -OCH3 is 1. The molecule has 0 aliphatic carbocycles. The number of pyridine rings is 1. The number of rotatable bonds is 13. The maximum Gasteiger partial charge on any atom is 0.490 e. The van der Waals surface area contributed by atoms with Crippen molar-refractivity contribution in [2.75, 3.05) is 65.2 Å². The zero-order valence-corrected chi connectivity index (χ0v) is 33.2. The summed E-state index contributed by atoms with van der Waals surface area (Å²) in [5.74, 6) is -2.15. The number of ether oxygens (including phenoxy) is 5. The first-order valence-electron chi connectivity index (χ1n) is 17.8. The van der Waals surface area contributed by atoms with Crippen LogP contribution in [0.3, 0.4) is 0 Å². The van der Waals surface area contributed by atoms with Crippen LogP contribution < -0.4 is 20.5 Å². The maximum absolute atomic E-state index is 14.2. The number of carbonyl (C=O) groups is 3. The fraction of sp³-hybridized carbons (Fsp3) is 0.395. The molecule has 2 amide bonds. The standard InChI is InChI=1S/C36H40Cl2N6O7.C2HF3O2/c1-36(2)21-50-9-6-43(36)35(46)33-29-20-51-31-17-30(47-3)27(16-28(31)34(29)44(42-33)26-14-23(37)13-24(38)15-26)22-12-25(19-40-18-22)41-32(45)4-7-48-10-11-49-8-5-39;3-2(4,5)1(6)7/h12-19H,4-11,20-21,39H2,1-3H3,(H,41,45);(H,6,7). The Bertz CT molecular complexity index is 2110. The largest absolute Gasteiger partial charge is 0.496 e. The van der Waals surface area contributed by atoms with Gasteiger partial charge in [-0.3, -0.25) is 14.6 Å². The predicted octanol–water partition coefficient (Wildman–Crippen LogP) is 6.01. The van der Waals surface area contributed by atoms with Crippen molar-refractivity contribution < 1.29 is 56.3 Å². The van der Waals surface area contributed by atoms with Crippen molar-refractivity contribution >= 4 is 46.7 Å². The molecule has 4 heterocycles. The fourth-order valence-electron chi connectivity index (χ4n) is 6.11. The van der Waals surface area contributed by atoms with Gasteiger partial charge in [0, 0.05) is 57.7 Å². The molecule has 20 heteroatoms. The van der Waals surface area contributed by atoms with Crippen molar-refractivity contribution in [3.8, 4) is 39.6 Å². The van der Waals surface area contributed by atoms with Gasteiger partial charge in [0.1, 0.15) is 18.1 Å². The number of amides is 2. The van der Waals surface area contributed by atoms with Crippen molar-refractivity contribution in [2.45, 2.75) is 38.6 Å². The molecule has 2 aromatic carbocycles. The van der Waals surface area contributed by atoms with E-state index in [9.17, 15) is 22.8 Å². The summed E-state index contributed by atoms with van der Waals surface area (Å²) in [6, 6.07) is 10.6.